The van der Waals surface area contributed by atoms with Crippen molar-refractivity contribution in [1.82, 2.24) is 4.90 Å². The average molecular weight is 223 g/mol. The van der Waals surface area contributed by atoms with E-state index in [0.29, 0.717) is 12.8 Å². The van der Waals surface area contributed by atoms with Crippen LogP contribution in [0.3, 0.4) is 0 Å². The van der Waals surface area contributed by atoms with Gasteiger partial charge in [-0.25, -0.2) is 0 Å². The monoisotopic (exact) mass is 223 g/mol. The first-order valence-corrected chi connectivity index (χ1v) is 5.74. The van der Waals surface area contributed by atoms with Gasteiger partial charge in [0.25, 0.3) is 0 Å². The van der Waals surface area contributed by atoms with Crippen LogP contribution in [0.25, 0.3) is 0 Å². The van der Waals surface area contributed by atoms with Gasteiger partial charge in [0.2, 0.25) is 5.91 Å². The Labute approximate surface area is 94.9 Å². The minimum absolute atomic E-state index is 0.0316. The molecule has 1 fully saturated rings. The molecule has 1 aliphatic heterocycles. The van der Waals surface area contributed by atoms with Crippen LogP contribution >= 0.6 is 0 Å². The molecule has 1 amide bonds. The van der Waals surface area contributed by atoms with Crippen LogP contribution in [0.4, 0.5) is 0 Å². The van der Waals surface area contributed by atoms with E-state index in [1.807, 2.05) is 12.1 Å². The molecule has 0 radical (unpaired) electrons. The second kappa shape index (κ2) is 5.16. The van der Waals surface area contributed by atoms with Crippen LogP contribution in [-0.4, -0.2) is 35.1 Å². The van der Waals surface area contributed by atoms with Gasteiger partial charge in [-0.15, -0.1) is 0 Å². The molecule has 1 aromatic heterocycles. The molecule has 0 unspecified atom stereocenters. The number of nitrogens with zero attached hydrogens (tertiary/aromatic N) is 1. The molecule has 4 nitrogen and oxygen atoms in total. The van der Waals surface area contributed by atoms with E-state index in [4.69, 9.17) is 9.52 Å². The first kappa shape index (κ1) is 11.2. The Morgan fingerprint density at radius 3 is 3.19 bits per heavy atom. The van der Waals surface area contributed by atoms with Crippen molar-refractivity contribution in [3.05, 3.63) is 24.2 Å². The van der Waals surface area contributed by atoms with Crippen molar-refractivity contribution in [2.75, 3.05) is 13.2 Å². The molecule has 2 rings (SSSR count). The molecule has 0 aromatic carbocycles. The van der Waals surface area contributed by atoms with Crippen molar-refractivity contribution in [3.8, 4) is 0 Å². The minimum atomic E-state index is 0.0316. The number of carbonyl (C=O) groups is 1. The number of aliphatic hydroxyl groups is 1. The van der Waals surface area contributed by atoms with Gasteiger partial charge in [0, 0.05) is 19.4 Å². The van der Waals surface area contributed by atoms with Crippen LogP contribution in [0.15, 0.2) is 22.8 Å². The minimum Gasteiger partial charge on any atom is -0.469 e. The van der Waals surface area contributed by atoms with Gasteiger partial charge in [0.05, 0.1) is 18.9 Å². The molecule has 1 aromatic rings. The molecule has 16 heavy (non-hydrogen) atoms. The zero-order valence-corrected chi connectivity index (χ0v) is 9.26. The van der Waals surface area contributed by atoms with Crippen LogP contribution in [0.2, 0.25) is 0 Å². The smallest absolute Gasteiger partial charge is 0.223 e. The topological polar surface area (TPSA) is 53.7 Å². The number of rotatable bonds is 4. The van der Waals surface area contributed by atoms with Gasteiger partial charge in [-0.2, -0.15) is 0 Å². The van der Waals surface area contributed by atoms with E-state index in [9.17, 15) is 4.79 Å². The summed E-state index contributed by atoms with van der Waals surface area (Å²) in [6, 6.07) is 3.73. The number of hydrogen-bond donors (Lipinski definition) is 1. The third-order valence-electron chi connectivity index (χ3n) is 3.07. The number of likely N-dealkylation sites (tertiary alicyclic amines) is 1. The second-order valence-corrected chi connectivity index (χ2v) is 4.15. The third-order valence-corrected chi connectivity index (χ3v) is 3.07. The normalized spacial score (nSPS) is 20.3. The maximum atomic E-state index is 11.9. The quantitative estimate of drug-likeness (QED) is 0.834. The number of carbonyl (C=O) groups excluding carboxylic acids is 1. The van der Waals surface area contributed by atoms with Crippen molar-refractivity contribution >= 4 is 5.91 Å². The van der Waals surface area contributed by atoms with Crippen LogP contribution in [0, 0.1) is 0 Å². The molecule has 1 N–H and O–H groups in total. The lowest BCUT2D eigenvalue weighted by molar-refractivity contribution is -0.132. The Kier molecular flexibility index (Phi) is 3.62. The Balaban J connectivity index is 1.83. The lowest BCUT2D eigenvalue weighted by Crippen LogP contribution is -2.37. The highest BCUT2D eigenvalue weighted by atomic mass is 16.3. The van der Waals surface area contributed by atoms with Gasteiger partial charge >= 0.3 is 0 Å². The summed E-state index contributed by atoms with van der Waals surface area (Å²) in [5.41, 5.74) is 0. The molecule has 1 aliphatic rings. The summed E-state index contributed by atoms with van der Waals surface area (Å²) >= 11 is 0. The molecule has 0 aliphatic carbocycles. The number of hydrogen-bond acceptors (Lipinski definition) is 3. The summed E-state index contributed by atoms with van der Waals surface area (Å²) in [7, 11) is 0. The van der Waals surface area contributed by atoms with Crippen LogP contribution < -0.4 is 0 Å². The molecule has 0 saturated carbocycles. The maximum Gasteiger partial charge on any atom is 0.223 e. The zero-order valence-electron chi connectivity index (χ0n) is 9.26. The molecule has 1 atom stereocenters. The fourth-order valence-electron chi connectivity index (χ4n) is 2.18. The summed E-state index contributed by atoms with van der Waals surface area (Å²) in [5.74, 6) is 0.959. The molecular weight excluding hydrogens is 206 g/mol. The average Bonchev–Trinajstić information content (AvgIpc) is 2.96. The Morgan fingerprint density at radius 2 is 2.50 bits per heavy atom. The Morgan fingerprint density at radius 1 is 1.62 bits per heavy atom. The molecule has 1 saturated heterocycles. The summed E-state index contributed by atoms with van der Waals surface area (Å²) in [5, 5.41) is 9.13. The molecule has 0 spiro atoms. The van der Waals surface area contributed by atoms with Crippen LogP contribution in [0.5, 0.6) is 0 Å². The number of aryl methyl sites for hydroxylation is 1. The summed E-state index contributed by atoms with van der Waals surface area (Å²) in [4.78, 5) is 13.7. The molecule has 2 heterocycles. The largest absolute Gasteiger partial charge is 0.469 e. The molecule has 0 bridgehead atoms. The Bertz CT molecular complexity index is 334. The van der Waals surface area contributed by atoms with E-state index in [1.165, 1.54) is 0 Å². The highest BCUT2D eigenvalue weighted by molar-refractivity contribution is 5.77. The van der Waals surface area contributed by atoms with Crippen molar-refractivity contribution < 1.29 is 14.3 Å². The second-order valence-electron chi connectivity index (χ2n) is 4.15. The van der Waals surface area contributed by atoms with Gasteiger partial charge in [-0.3, -0.25) is 4.79 Å². The van der Waals surface area contributed by atoms with E-state index < -0.39 is 0 Å². The summed E-state index contributed by atoms with van der Waals surface area (Å²) in [6.07, 6.45) is 4.64. The lowest BCUT2D eigenvalue weighted by Gasteiger charge is -2.22. The molecule has 88 valence electrons. The fourth-order valence-corrected chi connectivity index (χ4v) is 2.18. The zero-order chi connectivity index (χ0) is 11.4. The van der Waals surface area contributed by atoms with Crippen molar-refractivity contribution in [1.29, 1.82) is 0 Å². The van der Waals surface area contributed by atoms with Gasteiger partial charge in [0.1, 0.15) is 5.76 Å². The number of amides is 1. The summed E-state index contributed by atoms with van der Waals surface area (Å²) < 4.78 is 5.18. The number of aliphatic hydroxyl groups excluding tert-OH is 1. The maximum absolute atomic E-state index is 11.9. The third kappa shape index (κ3) is 2.44. The van der Waals surface area contributed by atoms with E-state index in [-0.39, 0.29) is 18.6 Å². The Hall–Kier alpha value is -1.29. The van der Waals surface area contributed by atoms with Gasteiger partial charge in [0.15, 0.2) is 0 Å². The van der Waals surface area contributed by atoms with Gasteiger partial charge in [-0.05, 0) is 25.0 Å². The van der Waals surface area contributed by atoms with Crippen LogP contribution in [-0.2, 0) is 11.2 Å². The van der Waals surface area contributed by atoms with Crippen molar-refractivity contribution in [2.24, 2.45) is 0 Å². The van der Waals surface area contributed by atoms with E-state index in [2.05, 4.69) is 0 Å². The standard InChI is InChI=1S/C12H17NO3/c14-9-10-3-1-7-13(10)12(15)6-5-11-4-2-8-16-11/h2,4,8,10,14H,1,3,5-7,9H2/t10-/m0/s1. The number of furan rings is 1. The molecule has 4 heteroatoms. The van der Waals surface area contributed by atoms with E-state index >= 15 is 0 Å². The fraction of sp³-hybridized carbons (Fsp3) is 0.583. The SMILES string of the molecule is O=C(CCc1ccco1)N1CCC[C@H]1CO. The van der Waals surface area contributed by atoms with Gasteiger partial charge in [-0.1, -0.05) is 0 Å². The molecular formula is C12H17NO3. The van der Waals surface area contributed by atoms with Crippen molar-refractivity contribution in [2.45, 2.75) is 31.7 Å². The van der Waals surface area contributed by atoms with E-state index in [0.717, 1.165) is 25.1 Å². The van der Waals surface area contributed by atoms with Crippen molar-refractivity contribution in [3.63, 3.8) is 0 Å². The highest BCUT2D eigenvalue weighted by Crippen LogP contribution is 2.18. The van der Waals surface area contributed by atoms with Crippen LogP contribution in [0.1, 0.15) is 25.0 Å². The van der Waals surface area contributed by atoms with Gasteiger partial charge < -0.3 is 14.4 Å². The first-order valence-electron chi connectivity index (χ1n) is 5.74. The predicted molar refractivity (Wildman–Crippen MR) is 58.8 cm³/mol. The first-order chi connectivity index (χ1) is 7.81. The highest BCUT2D eigenvalue weighted by Gasteiger charge is 2.27. The summed E-state index contributed by atoms with van der Waals surface area (Å²) in [6.45, 7) is 0.856. The predicted octanol–water partition coefficient (Wildman–Crippen LogP) is 1.20. The van der Waals surface area contributed by atoms with E-state index in [1.54, 1.807) is 11.2 Å². The lowest BCUT2D eigenvalue weighted by atomic mass is 10.2.